The van der Waals surface area contributed by atoms with Crippen molar-refractivity contribution in [2.24, 2.45) is 5.73 Å². The average Bonchev–Trinajstić information content (AvgIpc) is 3.23. The van der Waals surface area contributed by atoms with Crippen molar-refractivity contribution in [1.29, 1.82) is 0 Å². The number of thiazole rings is 1. The van der Waals surface area contributed by atoms with Gasteiger partial charge in [-0.15, -0.1) is 11.3 Å². The Morgan fingerprint density at radius 2 is 1.83 bits per heavy atom. The lowest BCUT2D eigenvalue weighted by molar-refractivity contribution is 0.143. The highest BCUT2D eigenvalue weighted by molar-refractivity contribution is 7.11. The molecule has 0 amide bonds. The van der Waals surface area contributed by atoms with Gasteiger partial charge in [0.2, 0.25) is 0 Å². The van der Waals surface area contributed by atoms with Crippen LogP contribution in [0, 0.1) is 0 Å². The van der Waals surface area contributed by atoms with E-state index in [0.29, 0.717) is 5.88 Å². The van der Waals surface area contributed by atoms with E-state index in [4.69, 9.17) is 27.1 Å². The molecule has 3 aromatic rings. The minimum Gasteiger partial charge on any atom is -0.471 e. The highest BCUT2D eigenvalue weighted by Crippen LogP contribution is 2.40. The van der Waals surface area contributed by atoms with E-state index in [1.165, 1.54) is 0 Å². The Morgan fingerprint density at radius 3 is 2.58 bits per heavy atom. The smallest absolute Gasteiger partial charge is 0.191 e. The number of hydrogen-bond acceptors (Lipinski definition) is 4. The molecule has 1 atom stereocenters. The quantitative estimate of drug-likeness (QED) is 0.698. The number of nitrogens with two attached hydrogens (primary N) is 1. The van der Waals surface area contributed by atoms with Crippen LogP contribution >= 0.6 is 22.9 Å². The fourth-order valence-corrected chi connectivity index (χ4v) is 3.78. The topological polar surface area (TPSA) is 48.1 Å². The minimum atomic E-state index is -0.0379. The lowest BCUT2D eigenvalue weighted by atomic mass is 10.0. The largest absolute Gasteiger partial charge is 0.471 e. The van der Waals surface area contributed by atoms with Gasteiger partial charge in [0.15, 0.2) is 5.88 Å². The average molecular weight is 355 g/mol. The summed E-state index contributed by atoms with van der Waals surface area (Å²) in [4.78, 5) is 4.73. The van der Waals surface area contributed by atoms with Gasteiger partial charge >= 0.3 is 0 Å². The van der Waals surface area contributed by atoms with Crippen molar-refractivity contribution >= 4 is 28.5 Å². The molecule has 4 rings (SSSR count). The third-order valence-electron chi connectivity index (χ3n) is 4.03. The van der Waals surface area contributed by atoms with E-state index in [1.807, 2.05) is 47.8 Å². The molecule has 1 unspecified atom stereocenters. The van der Waals surface area contributed by atoms with E-state index in [9.17, 15) is 0 Å². The van der Waals surface area contributed by atoms with E-state index in [2.05, 4.69) is 12.1 Å². The second-order valence-corrected chi connectivity index (χ2v) is 6.90. The molecule has 0 saturated heterocycles. The van der Waals surface area contributed by atoms with Gasteiger partial charge in [0.05, 0.1) is 11.3 Å². The van der Waals surface area contributed by atoms with Gasteiger partial charge in [-0.25, -0.2) is 4.98 Å². The van der Waals surface area contributed by atoms with E-state index < -0.39 is 0 Å². The summed E-state index contributed by atoms with van der Waals surface area (Å²) >= 11 is 7.53. The van der Waals surface area contributed by atoms with Crippen LogP contribution in [0.15, 0.2) is 65.9 Å². The van der Waals surface area contributed by atoms with Gasteiger partial charge in [-0.3, -0.25) is 0 Å². The molecule has 120 valence electrons. The molecule has 0 fully saturated rings. The van der Waals surface area contributed by atoms with Crippen LogP contribution in [-0.4, -0.2) is 4.98 Å². The van der Waals surface area contributed by atoms with Crippen molar-refractivity contribution in [2.45, 2.75) is 12.5 Å². The van der Waals surface area contributed by atoms with Gasteiger partial charge in [0.1, 0.15) is 11.1 Å². The Balaban J connectivity index is 1.58. The Bertz CT molecular complexity index is 887. The van der Waals surface area contributed by atoms with Crippen LogP contribution in [0.5, 0.6) is 0 Å². The zero-order chi connectivity index (χ0) is 16.5. The summed E-state index contributed by atoms with van der Waals surface area (Å²) in [7, 11) is 0. The van der Waals surface area contributed by atoms with Gasteiger partial charge in [-0.1, -0.05) is 54.1 Å². The molecule has 0 aliphatic carbocycles. The second-order valence-electron chi connectivity index (χ2n) is 5.61. The number of ether oxygens (including phenoxy) is 1. The van der Waals surface area contributed by atoms with Crippen molar-refractivity contribution in [1.82, 2.24) is 4.98 Å². The SMILES string of the molecule is NC1=C(c2nc(-c3ccc(Cl)cc3)cs2)CC(c2ccccc2)O1. The number of aromatic nitrogens is 1. The zero-order valence-electron chi connectivity index (χ0n) is 12.8. The van der Waals surface area contributed by atoms with E-state index >= 15 is 0 Å². The number of rotatable bonds is 3. The van der Waals surface area contributed by atoms with E-state index in [1.54, 1.807) is 11.3 Å². The third kappa shape index (κ3) is 2.90. The number of hydrogen-bond donors (Lipinski definition) is 1. The molecule has 0 spiro atoms. The van der Waals surface area contributed by atoms with Crippen LogP contribution in [-0.2, 0) is 4.74 Å². The Labute approximate surface area is 149 Å². The Hall–Kier alpha value is -2.30. The van der Waals surface area contributed by atoms with Crippen molar-refractivity contribution in [3.8, 4) is 11.3 Å². The first-order chi connectivity index (χ1) is 11.7. The second kappa shape index (κ2) is 6.30. The first-order valence-corrected chi connectivity index (χ1v) is 8.88. The fourth-order valence-electron chi connectivity index (χ4n) is 2.76. The highest BCUT2D eigenvalue weighted by Gasteiger charge is 2.28. The maximum absolute atomic E-state index is 6.11. The van der Waals surface area contributed by atoms with Crippen LogP contribution in [0.3, 0.4) is 0 Å². The summed E-state index contributed by atoms with van der Waals surface area (Å²) in [6, 6.07) is 17.8. The summed E-state index contributed by atoms with van der Waals surface area (Å²) in [6.07, 6.45) is 0.702. The van der Waals surface area contributed by atoms with Crippen LogP contribution in [0.1, 0.15) is 23.1 Å². The lowest BCUT2D eigenvalue weighted by Gasteiger charge is -2.10. The van der Waals surface area contributed by atoms with Gasteiger partial charge in [0, 0.05) is 22.4 Å². The third-order valence-corrected chi connectivity index (χ3v) is 5.18. The summed E-state index contributed by atoms with van der Waals surface area (Å²) < 4.78 is 5.85. The van der Waals surface area contributed by atoms with Crippen LogP contribution in [0.2, 0.25) is 5.02 Å². The first-order valence-electron chi connectivity index (χ1n) is 7.63. The van der Waals surface area contributed by atoms with Crippen molar-refractivity contribution in [3.05, 3.63) is 81.5 Å². The van der Waals surface area contributed by atoms with Crippen LogP contribution < -0.4 is 5.73 Å². The predicted octanol–water partition coefficient (Wildman–Crippen LogP) is 5.25. The Morgan fingerprint density at radius 1 is 1.08 bits per heavy atom. The summed E-state index contributed by atoms with van der Waals surface area (Å²) in [5.74, 6) is 0.473. The predicted molar refractivity (Wildman–Crippen MR) is 98.6 cm³/mol. The fraction of sp³-hybridized carbons (Fsp3) is 0.105. The monoisotopic (exact) mass is 354 g/mol. The standard InChI is InChI=1S/C19H15ClN2OS/c20-14-8-6-12(7-9-14)16-11-24-19(22-16)15-10-17(23-18(15)21)13-4-2-1-3-5-13/h1-9,11,17H,10,21H2. The molecule has 0 saturated carbocycles. The van der Waals surface area contributed by atoms with Crippen molar-refractivity contribution < 1.29 is 4.74 Å². The molecule has 0 bridgehead atoms. The maximum atomic E-state index is 6.11. The molecule has 24 heavy (non-hydrogen) atoms. The molecule has 2 aromatic carbocycles. The summed E-state index contributed by atoms with van der Waals surface area (Å²) in [5, 5.41) is 3.67. The number of nitrogens with zero attached hydrogens (tertiary/aromatic N) is 1. The van der Waals surface area contributed by atoms with Crippen molar-refractivity contribution in [2.75, 3.05) is 0 Å². The molecular weight excluding hydrogens is 340 g/mol. The molecule has 5 heteroatoms. The number of benzene rings is 2. The van der Waals surface area contributed by atoms with Gasteiger partial charge in [-0.2, -0.15) is 0 Å². The van der Waals surface area contributed by atoms with Gasteiger partial charge in [-0.05, 0) is 17.7 Å². The molecule has 1 aliphatic rings. The molecule has 0 radical (unpaired) electrons. The van der Waals surface area contributed by atoms with Crippen LogP contribution in [0.4, 0.5) is 0 Å². The van der Waals surface area contributed by atoms with E-state index in [-0.39, 0.29) is 6.10 Å². The summed E-state index contributed by atoms with van der Waals surface area (Å²) in [5.41, 5.74) is 10.2. The number of halogens is 1. The van der Waals surface area contributed by atoms with Crippen LogP contribution in [0.25, 0.3) is 16.8 Å². The molecule has 2 N–H and O–H groups in total. The normalized spacial score (nSPS) is 17.1. The molecular formula is C19H15ClN2OS. The molecule has 1 aromatic heterocycles. The lowest BCUT2D eigenvalue weighted by Crippen LogP contribution is -2.01. The Kier molecular flexibility index (Phi) is 4.00. The summed E-state index contributed by atoms with van der Waals surface area (Å²) in [6.45, 7) is 0. The van der Waals surface area contributed by atoms with E-state index in [0.717, 1.165) is 38.8 Å². The first kappa shape index (κ1) is 15.2. The zero-order valence-corrected chi connectivity index (χ0v) is 14.3. The highest BCUT2D eigenvalue weighted by atomic mass is 35.5. The maximum Gasteiger partial charge on any atom is 0.191 e. The van der Waals surface area contributed by atoms with Gasteiger partial charge in [0.25, 0.3) is 0 Å². The molecule has 1 aliphatic heterocycles. The molecule has 3 nitrogen and oxygen atoms in total. The minimum absolute atomic E-state index is 0.0379. The molecule has 2 heterocycles. The van der Waals surface area contributed by atoms with Crippen molar-refractivity contribution in [3.63, 3.8) is 0 Å². The van der Waals surface area contributed by atoms with Gasteiger partial charge < -0.3 is 10.5 Å².